The Bertz CT molecular complexity index is 1040. The Kier molecular flexibility index (Phi) is 25.1. The molecule has 0 aliphatic rings. The zero-order valence-corrected chi connectivity index (χ0v) is 36.8. The van der Waals surface area contributed by atoms with E-state index in [0.717, 1.165) is 0 Å². The largest absolute Gasteiger partial charge is 0.698 e. The van der Waals surface area contributed by atoms with Crippen LogP contribution in [0.15, 0.2) is 0 Å². The minimum Gasteiger partial charge on any atom is -0.302 e. The lowest BCUT2D eigenvalue weighted by Crippen LogP contribution is -2.24. The fourth-order valence-corrected chi connectivity index (χ4v) is 7.08. The quantitative estimate of drug-likeness (QED) is 0.125. The maximum atomic E-state index is 12.1. The zero-order valence-electron chi connectivity index (χ0n) is 31.1. The highest BCUT2D eigenvalue weighted by molar-refractivity contribution is 8.10. The average molecular weight is 827 g/mol. The summed E-state index contributed by atoms with van der Waals surface area (Å²) < 4.78 is 93.1. The Morgan fingerprint density at radius 1 is 0.574 bits per heavy atom. The molecule has 0 aromatic heterocycles. The molecule has 0 aliphatic heterocycles. The number of alkyl halides is 2. The Hall–Kier alpha value is 1.02. The SMILES string of the molecule is CC(C)(C)OP(=O)(O)OC(C)(C)C.CC(C)(C)OP(=O)(OCCl)OC(C)(C)C.CC(C)(C)O[P+](=O)OC(C)(C)C.O=S(=O)(Cl)OCCl. The van der Waals surface area contributed by atoms with Gasteiger partial charge in [-0.2, -0.15) is 8.42 Å². The summed E-state index contributed by atoms with van der Waals surface area (Å²) in [5, 5.41) is 0. The number of hydrogen-bond acceptors (Lipinski definition) is 13. The highest BCUT2D eigenvalue weighted by Gasteiger charge is 2.37. The fraction of sp³-hybridized carbons (Fsp3) is 1.00. The lowest BCUT2D eigenvalue weighted by Gasteiger charge is -2.30. The summed E-state index contributed by atoms with van der Waals surface area (Å²) in [4.78, 5) is 9.30. The van der Waals surface area contributed by atoms with Crippen molar-refractivity contribution in [1.29, 1.82) is 0 Å². The molecule has 0 saturated heterocycles. The van der Waals surface area contributed by atoms with Crippen LogP contribution in [0, 0.1) is 0 Å². The van der Waals surface area contributed by atoms with Crippen molar-refractivity contribution >= 4 is 67.1 Å². The van der Waals surface area contributed by atoms with Crippen LogP contribution in [0.4, 0.5) is 0 Å². The minimum atomic E-state index is -3.94. The van der Waals surface area contributed by atoms with E-state index in [4.69, 9.17) is 54.9 Å². The molecule has 0 bridgehead atoms. The van der Waals surface area contributed by atoms with Gasteiger partial charge in [-0.1, -0.05) is 23.2 Å². The van der Waals surface area contributed by atoms with Gasteiger partial charge >= 0.3 is 33.2 Å². The summed E-state index contributed by atoms with van der Waals surface area (Å²) in [6.45, 7) is 31.8. The van der Waals surface area contributed by atoms with Crippen molar-refractivity contribution in [2.24, 2.45) is 0 Å². The molecule has 288 valence electrons. The Morgan fingerprint density at radius 2 is 0.851 bits per heavy atom. The van der Waals surface area contributed by atoms with Crippen molar-refractivity contribution in [2.75, 3.05) is 12.1 Å². The third-order valence-electron chi connectivity index (χ3n) is 2.64. The van der Waals surface area contributed by atoms with Gasteiger partial charge in [-0.3, -0.25) is 22.6 Å². The van der Waals surface area contributed by atoms with E-state index in [9.17, 15) is 27.0 Å². The maximum Gasteiger partial charge on any atom is 0.698 e. The van der Waals surface area contributed by atoms with Crippen LogP contribution in [-0.4, -0.2) is 59.0 Å². The molecular formula is C26H59Cl3O14P3S+. The van der Waals surface area contributed by atoms with Crippen LogP contribution < -0.4 is 0 Å². The van der Waals surface area contributed by atoms with Gasteiger partial charge in [0.2, 0.25) is 0 Å². The van der Waals surface area contributed by atoms with E-state index >= 15 is 0 Å². The van der Waals surface area contributed by atoms with Crippen LogP contribution in [0.25, 0.3) is 0 Å². The van der Waals surface area contributed by atoms with Crippen molar-refractivity contribution < 1.29 is 62.9 Å². The van der Waals surface area contributed by atoms with Crippen LogP contribution in [0.1, 0.15) is 125 Å². The van der Waals surface area contributed by atoms with Crippen LogP contribution in [0.5, 0.6) is 0 Å². The summed E-state index contributed by atoms with van der Waals surface area (Å²) in [7, 11) is -8.87. The van der Waals surface area contributed by atoms with E-state index in [1.165, 1.54) is 0 Å². The number of phosphoric acid groups is 2. The molecule has 14 nitrogen and oxygen atoms in total. The van der Waals surface area contributed by atoms with Crippen LogP contribution >= 0.6 is 57.8 Å². The number of hydrogen-bond donors (Lipinski definition) is 1. The molecule has 0 amide bonds. The smallest absolute Gasteiger partial charge is 0.302 e. The normalized spacial score (nSPS) is 13.7. The van der Waals surface area contributed by atoms with E-state index in [-0.39, 0.29) is 6.07 Å². The summed E-state index contributed by atoms with van der Waals surface area (Å²) in [6.07, 6.45) is 0. The molecule has 0 rings (SSSR count). The van der Waals surface area contributed by atoms with E-state index in [1.807, 2.05) is 41.5 Å². The van der Waals surface area contributed by atoms with Gasteiger partial charge in [0.05, 0.1) is 22.4 Å². The molecule has 0 saturated carbocycles. The van der Waals surface area contributed by atoms with Gasteiger partial charge in [-0.25, -0.2) is 13.3 Å². The average Bonchev–Trinajstić information content (AvgIpc) is 2.57. The number of rotatable bonds is 10. The molecule has 0 unspecified atom stereocenters. The molecule has 0 heterocycles. The van der Waals surface area contributed by atoms with Crippen LogP contribution in [0.3, 0.4) is 0 Å². The molecule has 0 atom stereocenters. The first-order valence-electron chi connectivity index (χ1n) is 14.0. The van der Waals surface area contributed by atoms with Crippen molar-refractivity contribution in [3.8, 4) is 0 Å². The highest BCUT2D eigenvalue weighted by Crippen LogP contribution is 2.55. The predicted octanol–water partition coefficient (Wildman–Crippen LogP) is 10.6. The van der Waals surface area contributed by atoms with Crippen molar-refractivity contribution in [1.82, 2.24) is 0 Å². The first-order chi connectivity index (χ1) is 20.1. The van der Waals surface area contributed by atoms with Gasteiger partial charge in [0.1, 0.15) is 23.3 Å². The maximum absolute atomic E-state index is 12.1. The van der Waals surface area contributed by atoms with Crippen molar-refractivity contribution in [3.63, 3.8) is 0 Å². The van der Waals surface area contributed by atoms with Gasteiger partial charge in [0.15, 0.2) is 0 Å². The molecule has 0 fully saturated rings. The lowest BCUT2D eigenvalue weighted by atomic mass is 10.2. The van der Waals surface area contributed by atoms with E-state index in [1.54, 1.807) is 83.1 Å². The summed E-state index contributed by atoms with van der Waals surface area (Å²) >= 11 is 10.2. The molecule has 1 N–H and O–H groups in total. The number of halogens is 3. The van der Waals surface area contributed by atoms with E-state index < -0.39 is 72.9 Å². The Balaban J connectivity index is -0.000000270. The van der Waals surface area contributed by atoms with Gasteiger partial charge in [0, 0.05) is 15.2 Å². The fourth-order valence-electron chi connectivity index (χ4n) is 2.03. The first-order valence-corrected chi connectivity index (χ1v) is 21.4. The van der Waals surface area contributed by atoms with Gasteiger partial charge in [-0.15, -0.1) is 9.05 Å². The molecule has 0 aromatic carbocycles. The standard InChI is InChI=1S/C9H20ClO4P.C8H19O4P.C8H18O3P.CH2Cl2O3S/c1-8(2,3)13-15(11,12-7-10)14-9(4,5)6;1-7(2,3)11-13(9,10)12-8(4,5)6;1-7(2,3)10-12(9)11-8(4,5)6;2-1-6-7(3,4)5/h7H2,1-6H3;1-6H3,(H,9,10);1-6H3;1H2/q;;+1;. The zero-order chi connectivity index (χ0) is 39.1. The molecular weight excluding hydrogens is 768 g/mol. The molecule has 21 heteroatoms. The second-order valence-electron chi connectivity index (χ2n) is 15.2. The molecule has 47 heavy (non-hydrogen) atoms. The Labute approximate surface area is 299 Å². The van der Waals surface area contributed by atoms with Gasteiger partial charge < -0.3 is 4.89 Å². The summed E-state index contributed by atoms with van der Waals surface area (Å²) in [5.41, 5.74) is -3.44. The second kappa shape index (κ2) is 21.5. The van der Waals surface area contributed by atoms with Crippen molar-refractivity contribution in [2.45, 2.75) is 158 Å². The Morgan fingerprint density at radius 3 is 1.00 bits per heavy atom. The topological polar surface area (TPSA) is 179 Å². The van der Waals surface area contributed by atoms with Crippen LogP contribution in [0.2, 0.25) is 0 Å². The summed E-state index contributed by atoms with van der Waals surface area (Å²) in [5.74, 6) is 0. The van der Waals surface area contributed by atoms with E-state index in [0.29, 0.717) is 0 Å². The molecule has 0 aromatic rings. The molecule has 0 spiro atoms. The monoisotopic (exact) mass is 825 g/mol. The van der Waals surface area contributed by atoms with E-state index in [2.05, 4.69) is 14.9 Å². The predicted molar refractivity (Wildman–Crippen MR) is 188 cm³/mol. The molecule has 0 aliphatic carbocycles. The second-order valence-corrected chi connectivity index (χ2v) is 21.4. The van der Waals surface area contributed by atoms with Crippen molar-refractivity contribution in [3.05, 3.63) is 0 Å². The third-order valence-corrected chi connectivity index (χ3v) is 8.74. The number of phosphoric ester groups is 2. The minimum absolute atomic E-state index is 0.233. The third kappa shape index (κ3) is 51.5. The highest BCUT2D eigenvalue weighted by atomic mass is 35.7. The summed E-state index contributed by atoms with van der Waals surface area (Å²) in [6, 6.07) is -0.671. The lowest BCUT2D eigenvalue weighted by molar-refractivity contribution is 0.00823. The first kappa shape index (κ1) is 54.8. The van der Waals surface area contributed by atoms with Gasteiger partial charge in [0.25, 0.3) is 0 Å². The van der Waals surface area contributed by atoms with Crippen LogP contribution in [-0.2, 0) is 58.9 Å². The molecule has 0 radical (unpaired) electrons. The van der Waals surface area contributed by atoms with Gasteiger partial charge in [-0.05, 0) is 125 Å².